The summed E-state index contributed by atoms with van der Waals surface area (Å²) >= 11 is 0. The maximum absolute atomic E-state index is 11.7. The number of rotatable bonds is 5. The average molecular weight is 279 g/mol. The lowest BCUT2D eigenvalue weighted by Gasteiger charge is -2.33. The van der Waals surface area contributed by atoms with Crippen molar-refractivity contribution in [1.29, 1.82) is 0 Å². The Hall–Kier alpha value is -1.91. The van der Waals surface area contributed by atoms with Crippen LogP contribution in [0.15, 0.2) is 22.5 Å². The largest absolute Gasteiger partial charge is 0.465 e. The van der Waals surface area contributed by atoms with Crippen molar-refractivity contribution in [3.63, 3.8) is 0 Å². The summed E-state index contributed by atoms with van der Waals surface area (Å²) in [7, 11) is 0. The third-order valence-electron chi connectivity index (χ3n) is 3.48. The molecule has 0 saturated carbocycles. The maximum atomic E-state index is 11.7. The van der Waals surface area contributed by atoms with Gasteiger partial charge in [0, 0.05) is 29.0 Å². The predicted molar refractivity (Wildman–Crippen MR) is 74.7 cm³/mol. The van der Waals surface area contributed by atoms with Crippen LogP contribution in [-0.4, -0.2) is 35.6 Å². The SMILES string of the molecule is CCOC(=O)CN1C(C)=C(C(C)=O)CC(C(C)=O)=C1C. The van der Waals surface area contributed by atoms with E-state index in [1.807, 2.05) is 0 Å². The molecule has 110 valence electrons. The predicted octanol–water partition coefficient (Wildman–Crippen LogP) is 1.98. The van der Waals surface area contributed by atoms with E-state index in [9.17, 15) is 14.4 Å². The molecule has 0 unspecified atom stereocenters. The third-order valence-corrected chi connectivity index (χ3v) is 3.48. The Morgan fingerprint density at radius 2 is 1.50 bits per heavy atom. The van der Waals surface area contributed by atoms with E-state index in [2.05, 4.69) is 0 Å². The van der Waals surface area contributed by atoms with Crippen LogP contribution in [0.2, 0.25) is 0 Å². The summed E-state index contributed by atoms with van der Waals surface area (Å²) in [5.41, 5.74) is 2.58. The fourth-order valence-corrected chi connectivity index (χ4v) is 2.34. The number of ketones is 2. The van der Waals surface area contributed by atoms with Crippen molar-refractivity contribution < 1.29 is 19.1 Å². The zero-order valence-electron chi connectivity index (χ0n) is 12.7. The Morgan fingerprint density at radius 3 is 1.85 bits per heavy atom. The highest BCUT2D eigenvalue weighted by molar-refractivity contribution is 6.00. The first kappa shape index (κ1) is 16.1. The van der Waals surface area contributed by atoms with E-state index in [0.29, 0.717) is 35.6 Å². The molecule has 1 aliphatic heterocycles. The van der Waals surface area contributed by atoms with Crippen molar-refractivity contribution in [2.75, 3.05) is 13.2 Å². The van der Waals surface area contributed by atoms with Crippen LogP contribution >= 0.6 is 0 Å². The second kappa shape index (κ2) is 6.50. The van der Waals surface area contributed by atoms with Crippen LogP contribution in [0.4, 0.5) is 0 Å². The molecule has 1 rings (SSSR count). The molecule has 0 fully saturated rings. The lowest BCUT2D eigenvalue weighted by molar-refractivity contribution is -0.143. The Bertz CT molecular complexity index is 478. The molecular formula is C15H21NO4. The van der Waals surface area contributed by atoms with Gasteiger partial charge < -0.3 is 9.64 Å². The van der Waals surface area contributed by atoms with E-state index in [1.54, 1.807) is 25.7 Å². The molecule has 0 aromatic heterocycles. The fraction of sp³-hybridized carbons (Fsp3) is 0.533. The molecule has 5 heteroatoms. The van der Waals surface area contributed by atoms with Gasteiger partial charge in [0.2, 0.25) is 0 Å². The van der Waals surface area contributed by atoms with Crippen LogP contribution in [0.25, 0.3) is 0 Å². The van der Waals surface area contributed by atoms with Crippen LogP contribution in [0.3, 0.4) is 0 Å². The van der Waals surface area contributed by atoms with Crippen LogP contribution in [-0.2, 0) is 19.1 Å². The van der Waals surface area contributed by atoms with Gasteiger partial charge in [-0.1, -0.05) is 0 Å². The standard InChI is InChI=1S/C15H21NO4/c1-6-20-15(19)8-16-9(2)13(11(4)17)7-14(10(16)3)12(5)18/h6-8H2,1-5H3. The zero-order chi connectivity index (χ0) is 15.4. The highest BCUT2D eigenvalue weighted by Gasteiger charge is 2.28. The van der Waals surface area contributed by atoms with E-state index >= 15 is 0 Å². The minimum absolute atomic E-state index is 0.0130. The summed E-state index contributed by atoms with van der Waals surface area (Å²) in [5, 5.41) is 0. The molecule has 0 amide bonds. The summed E-state index contributed by atoms with van der Waals surface area (Å²) < 4.78 is 4.94. The molecule has 0 aliphatic carbocycles. The number of ether oxygens (including phenoxy) is 1. The smallest absolute Gasteiger partial charge is 0.325 e. The van der Waals surface area contributed by atoms with Gasteiger partial charge >= 0.3 is 5.97 Å². The Balaban J connectivity index is 3.18. The van der Waals surface area contributed by atoms with Crippen molar-refractivity contribution in [2.45, 2.75) is 41.0 Å². The number of carbonyl (C=O) groups is 3. The minimum atomic E-state index is -0.376. The molecule has 0 N–H and O–H groups in total. The van der Waals surface area contributed by atoms with Gasteiger partial charge in [0.25, 0.3) is 0 Å². The van der Waals surface area contributed by atoms with Gasteiger partial charge in [0.1, 0.15) is 6.54 Å². The first-order chi connectivity index (χ1) is 9.29. The highest BCUT2D eigenvalue weighted by Crippen LogP contribution is 2.31. The number of hydrogen-bond acceptors (Lipinski definition) is 5. The molecule has 0 aromatic carbocycles. The topological polar surface area (TPSA) is 63.7 Å². The van der Waals surface area contributed by atoms with Gasteiger partial charge in [-0.15, -0.1) is 0 Å². The monoisotopic (exact) mass is 279 g/mol. The van der Waals surface area contributed by atoms with Crippen LogP contribution < -0.4 is 0 Å². The van der Waals surface area contributed by atoms with Crippen molar-refractivity contribution in [2.24, 2.45) is 0 Å². The fourth-order valence-electron chi connectivity index (χ4n) is 2.34. The Morgan fingerprint density at radius 1 is 1.05 bits per heavy atom. The third kappa shape index (κ3) is 3.35. The maximum Gasteiger partial charge on any atom is 0.325 e. The molecule has 0 bridgehead atoms. The first-order valence-electron chi connectivity index (χ1n) is 6.64. The van der Waals surface area contributed by atoms with E-state index in [4.69, 9.17) is 4.74 Å². The molecule has 0 saturated heterocycles. The molecule has 0 spiro atoms. The van der Waals surface area contributed by atoms with Crippen LogP contribution in [0.5, 0.6) is 0 Å². The molecule has 1 heterocycles. The average Bonchev–Trinajstić information content (AvgIpc) is 2.34. The quantitative estimate of drug-likeness (QED) is 0.720. The van der Waals surface area contributed by atoms with Crippen molar-refractivity contribution in [3.8, 4) is 0 Å². The van der Waals surface area contributed by atoms with Crippen LogP contribution in [0, 0.1) is 0 Å². The summed E-state index contributed by atoms with van der Waals surface area (Å²) in [6, 6.07) is 0. The molecule has 5 nitrogen and oxygen atoms in total. The number of allylic oxidation sites excluding steroid dienone is 4. The Kier molecular flexibility index (Phi) is 5.25. The lowest BCUT2D eigenvalue weighted by atomic mass is 9.92. The van der Waals surface area contributed by atoms with Gasteiger partial charge in [-0.05, 0) is 34.6 Å². The zero-order valence-corrected chi connectivity index (χ0v) is 12.7. The van der Waals surface area contributed by atoms with Crippen LogP contribution in [0.1, 0.15) is 41.0 Å². The normalized spacial score (nSPS) is 15.6. The number of esters is 1. The summed E-state index contributed by atoms with van der Waals surface area (Å²) in [6.07, 6.45) is 0.335. The Labute approximate surface area is 119 Å². The number of carbonyl (C=O) groups excluding carboxylic acids is 3. The number of nitrogens with zero attached hydrogens (tertiary/aromatic N) is 1. The first-order valence-corrected chi connectivity index (χ1v) is 6.64. The molecule has 1 aliphatic rings. The van der Waals surface area contributed by atoms with E-state index in [0.717, 1.165) is 0 Å². The van der Waals surface area contributed by atoms with Crippen molar-refractivity contribution in [3.05, 3.63) is 22.5 Å². The minimum Gasteiger partial charge on any atom is -0.465 e. The van der Waals surface area contributed by atoms with E-state index < -0.39 is 0 Å². The van der Waals surface area contributed by atoms with Gasteiger partial charge in [-0.2, -0.15) is 0 Å². The lowest BCUT2D eigenvalue weighted by Crippen LogP contribution is -2.34. The van der Waals surface area contributed by atoms with Gasteiger partial charge in [0.15, 0.2) is 11.6 Å². The molecule has 0 aromatic rings. The summed E-state index contributed by atoms with van der Waals surface area (Å²) in [4.78, 5) is 36.8. The number of hydrogen-bond donors (Lipinski definition) is 0. The van der Waals surface area contributed by atoms with Gasteiger partial charge in [-0.3, -0.25) is 14.4 Å². The molecule has 0 radical (unpaired) electrons. The van der Waals surface area contributed by atoms with Crippen molar-refractivity contribution in [1.82, 2.24) is 4.90 Å². The van der Waals surface area contributed by atoms with Gasteiger partial charge in [-0.25, -0.2) is 0 Å². The second-order valence-corrected chi connectivity index (χ2v) is 4.81. The van der Waals surface area contributed by atoms with Gasteiger partial charge in [0.05, 0.1) is 6.61 Å². The van der Waals surface area contributed by atoms with Crippen molar-refractivity contribution >= 4 is 17.5 Å². The summed E-state index contributed by atoms with van der Waals surface area (Å²) in [5.74, 6) is -0.538. The number of Topliss-reactive ketones (excluding diaryl/α,β-unsaturated/α-hetero) is 2. The highest BCUT2D eigenvalue weighted by atomic mass is 16.5. The summed E-state index contributed by atoms with van der Waals surface area (Å²) in [6.45, 7) is 8.57. The molecule has 0 atom stereocenters. The molecular weight excluding hydrogens is 258 g/mol. The van der Waals surface area contributed by atoms with E-state index in [-0.39, 0.29) is 24.1 Å². The molecule has 20 heavy (non-hydrogen) atoms. The second-order valence-electron chi connectivity index (χ2n) is 4.81. The van der Waals surface area contributed by atoms with E-state index in [1.165, 1.54) is 13.8 Å².